The molecule has 172 valence electrons. The Labute approximate surface area is 190 Å². The predicted molar refractivity (Wildman–Crippen MR) is 116 cm³/mol. The second-order valence-electron chi connectivity index (χ2n) is 7.00. The van der Waals surface area contributed by atoms with E-state index in [0.29, 0.717) is 22.6 Å². The van der Waals surface area contributed by atoms with Crippen LogP contribution in [0.4, 0.5) is 18.9 Å². The van der Waals surface area contributed by atoms with E-state index in [9.17, 15) is 22.8 Å². The van der Waals surface area contributed by atoms with Crippen LogP contribution in [0.3, 0.4) is 0 Å². The van der Waals surface area contributed by atoms with E-state index in [4.69, 9.17) is 9.84 Å². The van der Waals surface area contributed by atoms with Crippen LogP contribution in [0.1, 0.15) is 20.8 Å². The second-order valence-corrected chi connectivity index (χ2v) is 7.00. The molecule has 0 aliphatic carbocycles. The van der Waals surface area contributed by atoms with Crippen molar-refractivity contribution in [3.63, 3.8) is 0 Å². The number of nitrogens with one attached hydrogen (secondary N) is 1. The van der Waals surface area contributed by atoms with Crippen LogP contribution in [0.25, 0.3) is 10.8 Å². The third-order valence-electron chi connectivity index (χ3n) is 4.64. The number of carboxylic acid groups (broad SMARTS) is 1. The Kier molecular flexibility index (Phi) is 6.05. The minimum atomic E-state index is -4.81. The number of hydrogen-bond acceptors (Lipinski definition) is 5. The van der Waals surface area contributed by atoms with Crippen molar-refractivity contribution in [3.05, 3.63) is 90.3 Å². The first-order valence-electron chi connectivity index (χ1n) is 9.75. The minimum absolute atomic E-state index is 0.151. The number of halogens is 3. The molecule has 1 amide bonds. The highest BCUT2D eigenvalue weighted by Gasteiger charge is 2.31. The summed E-state index contributed by atoms with van der Waals surface area (Å²) in [5.41, 5.74) is 0.487. The van der Waals surface area contributed by atoms with E-state index in [-0.39, 0.29) is 11.3 Å². The van der Waals surface area contributed by atoms with Crippen molar-refractivity contribution in [2.24, 2.45) is 0 Å². The highest BCUT2D eigenvalue weighted by atomic mass is 19.4. The zero-order valence-corrected chi connectivity index (χ0v) is 17.2. The van der Waals surface area contributed by atoms with Crippen molar-refractivity contribution in [3.8, 4) is 17.2 Å². The smallest absolute Gasteiger partial charge is 0.477 e. The third kappa shape index (κ3) is 5.41. The summed E-state index contributed by atoms with van der Waals surface area (Å²) in [5, 5.41) is 13.2. The summed E-state index contributed by atoms with van der Waals surface area (Å²) in [6.07, 6.45) is -3.49. The lowest BCUT2D eigenvalue weighted by atomic mass is 10.1. The van der Waals surface area contributed by atoms with Crippen LogP contribution in [0.5, 0.6) is 17.2 Å². The van der Waals surface area contributed by atoms with E-state index in [2.05, 4.69) is 15.0 Å². The summed E-state index contributed by atoms with van der Waals surface area (Å²) in [6.45, 7) is 0. The molecule has 0 atom stereocenters. The number of anilines is 1. The third-order valence-corrected chi connectivity index (χ3v) is 4.64. The normalized spacial score (nSPS) is 11.1. The van der Waals surface area contributed by atoms with Crippen LogP contribution in [-0.2, 0) is 0 Å². The maximum absolute atomic E-state index is 12.6. The number of fused-ring (bicyclic) bond motifs is 1. The molecule has 4 aromatic rings. The van der Waals surface area contributed by atoms with Crippen molar-refractivity contribution < 1.29 is 37.3 Å². The van der Waals surface area contributed by atoms with E-state index >= 15 is 0 Å². The molecule has 0 bridgehead atoms. The van der Waals surface area contributed by atoms with Crippen LogP contribution >= 0.6 is 0 Å². The number of carbonyl (C=O) groups is 2. The van der Waals surface area contributed by atoms with Crippen LogP contribution in [0.2, 0.25) is 0 Å². The average Bonchev–Trinajstić information content (AvgIpc) is 2.78. The number of alkyl halides is 3. The molecule has 1 heterocycles. The summed E-state index contributed by atoms with van der Waals surface area (Å²) in [4.78, 5) is 27.4. The number of aromatic nitrogens is 1. The monoisotopic (exact) mass is 468 g/mol. The summed E-state index contributed by atoms with van der Waals surface area (Å²) in [7, 11) is 0. The maximum Gasteiger partial charge on any atom is 0.573 e. The predicted octanol–water partition coefficient (Wildman–Crippen LogP) is 5.88. The molecular formula is C24H15F3N2O5. The first-order valence-corrected chi connectivity index (χ1v) is 9.75. The minimum Gasteiger partial charge on any atom is -0.477 e. The van der Waals surface area contributed by atoms with Crippen molar-refractivity contribution in [1.29, 1.82) is 0 Å². The van der Waals surface area contributed by atoms with Crippen molar-refractivity contribution in [1.82, 2.24) is 4.98 Å². The number of hydrogen-bond donors (Lipinski definition) is 2. The molecule has 10 heteroatoms. The number of benzene rings is 3. The van der Waals surface area contributed by atoms with Crippen LogP contribution < -0.4 is 14.8 Å². The van der Waals surface area contributed by atoms with Gasteiger partial charge in [-0.3, -0.25) is 4.79 Å². The number of aromatic carboxylic acids is 1. The van der Waals surface area contributed by atoms with E-state index < -0.39 is 24.0 Å². The lowest BCUT2D eigenvalue weighted by Crippen LogP contribution is -2.17. The van der Waals surface area contributed by atoms with Gasteiger partial charge in [-0.05, 0) is 60.0 Å². The Morgan fingerprint density at radius 3 is 2.29 bits per heavy atom. The van der Waals surface area contributed by atoms with E-state index in [0.717, 1.165) is 17.5 Å². The molecule has 0 saturated heterocycles. The SMILES string of the molecule is O=C(Nc1cccc2cc(Oc3ccnc(C(=O)O)c3)ccc12)c1ccc(OC(F)(F)F)cc1. The Balaban J connectivity index is 1.52. The van der Waals surface area contributed by atoms with E-state index in [1.54, 1.807) is 36.4 Å². The number of amides is 1. The number of ether oxygens (including phenoxy) is 2. The van der Waals surface area contributed by atoms with Crippen molar-refractivity contribution >= 4 is 28.3 Å². The van der Waals surface area contributed by atoms with Gasteiger partial charge in [0.2, 0.25) is 0 Å². The molecule has 3 aromatic carbocycles. The molecule has 0 saturated carbocycles. The van der Waals surface area contributed by atoms with Gasteiger partial charge in [0.25, 0.3) is 5.91 Å². The maximum atomic E-state index is 12.6. The Morgan fingerprint density at radius 2 is 1.59 bits per heavy atom. The van der Waals surface area contributed by atoms with Gasteiger partial charge < -0.3 is 19.9 Å². The summed E-state index contributed by atoms with van der Waals surface area (Å²) < 4.78 is 46.4. The summed E-state index contributed by atoms with van der Waals surface area (Å²) >= 11 is 0. The molecule has 0 fully saturated rings. The molecule has 1 aromatic heterocycles. The van der Waals surface area contributed by atoms with Crippen LogP contribution in [0.15, 0.2) is 79.0 Å². The Hall–Kier alpha value is -4.60. The fourth-order valence-electron chi connectivity index (χ4n) is 3.16. The molecule has 2 N–H and O–H groups in total. The average molecular weight is 468 g/mol. The van der Waals surface area contributed by atoms with Crippen molar-refractivity contribution in [2.75, 3.05) is 5.32 Å². The van der Waals surface area contributed by atoms with E-state index in [1.165, 1.54) is 30.5 Å². The number of carbonyl (C=O) groups excluding carboxylic acids is 1. The molecule has 4 rings (SSSR count). The van der Waals surface area contributed by atoms with Gasteiger partial charge in [0.15, 0.2) is 5.69 Å². The van der Waals surface area contributed by atoms with E-state index in [1.807, 2.05) is 0 Å². The molecule has 0 spiro atoms. The number of rotatable bonds is 6. The zero-order chi connectivity index (χ0) is 24.3. The van der Waals surface area contributed by atoms with Gasteiger partial charge in [-0.1, -0.05) is 12.1 Å². The molecule has 0 aliphatic heterocycles. The molecule has 7 nitrogen and oxygen atoms in total. The number of carboxylic acids is 1. The summed E-state index contributed by atoms with van der Waals surface area (Å²) in [5.74, 6) is -1.37. The second kappa shape index (κ2) is 9.10. The first-order chi connectivity index (χ1) is 16.2. The largest absolute Gasteiger partial charge is 0.573 e. The summed E-state index contributed by atoms with van der Waals surface area (Å²) in [6, 6.07) is 17.7. The molecule has 0 unspecified atom stereocenters. The highest BCUT2D eigenvalue weighted by Crippen LogP contribution is 2.30. The number of pyridine rings is 1. The molecule has 0 aliphatic rings. The van der Waals surface area contributed by atoms with Gasteiger partial charge in [-0.25, -0.2) is 9.78 Å². The van der Waals surface area contributed by atoms with Crippen LogP contribution in [-0.4, -0.2) is 28.3 Å². The van der Waals surface area contributed by atoms with Crippen LogP contribution in [0, 0.1) is 0 Å². The standard InChI is InChI=1S/C24H15F3N2O5/c25-24(26,27)34-16-6-4-14(5-7-16)22(30)29-20-3-1-2-15-12-17(8-9-19(15)20)33-18-10-11-28-21(13-18)23(31)32/h1-13H,(H,29,30)(H,31,32). The zero-order valence-electron chi connectivity index (χ0n) is 17.2. The highest BCUT2D eigenvalue weighted by molar-refractivity contribution is 6.09. The van der Waals surface area contributed by atoms with Crippen molar-refractivity contribution in [2.45, 2.75) is 6.36 Å². The van der Waals surface area contributed by atoms with Gasteiger partial charge >= 0.3 is 12.3 Å². The quantitative estimate of drug-likeness (QED) is 0.367. The number of nitrogens with zero attached hydrogens (tertiary/aromatic N) is 1. The molecular weight excluding hydrogens is 453 g/mol. The lowest BCUT2D eigenvalue weighted by molar-refractivity contribution is -0.274. The fraction of sp³-hybridized carbons (Fsp3) is 0.0417. The van der Waals surface area contributed by atoms with Gasteiger partial charge in [0.1, 0.15) is 17.2 Å². The van der Waals surface area contributed by atoms with Gasteiger partial charge in [0, 0.05) is 28.9 Å². The topological polar surface area (TPSA) is 97.8 Å². The van der Waals surface area contributed by atoms with Gasteiger partial charge in [-0.2, -0.15) is 0 Å². The molecule has 0 radical (unpaired) electrons. The first kappa shape index (κ1) is 22.6. The Morgan fingerprint density at radius 1 is 0.882 bits per heavy atom. The van der Waals surface area contributed by atoms with Gasteiger partial charge in [-0.15, -0.1) is 13.2 Å². The Bertz CT molecular complexity index is 1370. The lowest BCUT2D eigenvalue weighted by Gasteiger charge is -2.12. The fourth-order valence-corrected chi connectivity index (χ4v) is 3.16. The molecule has 34 heavy (non-hydrogen) atoms. The van der Waals surface area contributed by atoms with Gasteiger partial charge in [0.05, 0.1) is 0 Å².